The molecule has 150 valence electrons. The summed E-state index contributed by atoms with van der Waals surface area (Å²) in [6.45, 7) is 3.79. The maximum Gasteiger partial charge on any atom is 0.257 e. The van der Waals surface area contributed by atoms with E-state index in [1.165, 1.54) is 12.1 Å². The van der Waals surface area contributed by atoms with Crippen LogP contribution in [0.2, 0.25) is 0 Å². The van der Waals surface area contributed by atoms with Gasteiger partial charge in [-0.05, 0) is 74.5 Å². The van der Waals surface area contributed by atoms with Crippen LogP contribution < -0.4 is 10.1 Å². The number of methoxy groups -OCH3 is 1. The van der Waals surface area contributed by atoms with E-state index >= 15 is 0 Å². The molecule has 1 atom stereocenters. The van der Waals surface area contributed by atoms with Gasteiger partial charge in [0.15, 0.2) is 0 Å². The fourth-order valence-corrected chi connectivity index (χ4v) is 2.79. The number of rotatable bonds is 7. The highest BCUT2D eigenvalue weighted by Gasteiger charge is 2.12. The van der Waals surface area contributed by atoms with E-state index in [0.717, 1.165) is 5.69 Å². The van der Waals surface area contributed by atoms with E-state index < -0.39 is 0 Å². The Bertz CT molecular complexity index is 972. The van der Waals surface area contributed by atoms with Crippen LogP contribution >= 0.6 is 0 Å². The average Bonchev–Trinajstić information content (AvgIpc) is 2.71. The van der Waals surface area contributed by atoms with Crippen LogP contribution in [0.5, 0.6) is 11.5 Å². The number of anilines is 1. The van der Waals surface area contributed by atoms with E-state index in [0.29, 0.717) is 34.9 Å². The van der Waals surface area contributed by atoms with Gasteiger partial charge in [-0.3, -0.25) is 9.78 Å². The number of halogens is 1. The molecule has 0 radical (unpaired) electrons. The number of pyridine rings is 1. The Labute approximate surface area is 169 Å². The van der Waals surface area contributed by atoms with Gasteiger partial charge in [0.25, 0.3) is 5.91 Å². The molecule has 0 saturated heterocycles. The minimum Gasteiger partial charge on any atom is -0.457 e. The monoisotopic (exact) mass is 394 g/mol. The topological polar surface area (TPSA) is 60.5 Å². The highest BCUT2D eigenvalue weighted by Crippen LogP contribution is 2.23. The van der Waals surface area contributed by atoms with Crippen LogP contribution in [0.25, 0.3) is 0 Å². The predicted octanol–water partition coefficient (Wildman–Crippen LogP) is 5.15. The van der Waals surface area contributed by atoms with Crippen LogP contribution in [0.4, 0.5) is 10.1 Å². The van der Waals surface area contributed by atoms with Crippen molar-refractivity contribution in [2.75, 3.05) is 12.4 Å². The molecule has 0 aliphatic rings. The zero-order chi connectivity index (χ0) is 20.8. The maximum absolute atomic E-state index is 13.0. The Balaban J connectivity index is 1.63. The Kier molecular flexibility index (Phi) is 6.57. The molecule has 3 aromatic rings. The molecule has 5 nitrogen and oxygen atoms in total. The first kappa shape index (κ1) is 20.5. The van der Waals surface area contributed by atoms with Crippen molar-refractivity contribution in [3.63, 3.8) is 0 Å². The van der Waals surface area contributed by atoms with Crippen LogP contribution in [0.15, 0.2) is 60.7 Å². The van der Waals surface area contributed by atoms with Crippen molar-refractivity contribution in [3.05, 3.63) is 83.4 Å². The Morgan fingerprint density at radius 2 is 1.66 bits per heavy atom. The third-order valence-corrected chi connectivity index (χ3v) is 4.45. The number of aryl methyl sites for hydroxylation is 1. The number of hydrogen-bond donors (Lipinski definition) is 1. The van der Waals surface area contributed by atoms with Gasteiger partial charge >= 0.3 is 0 Å². The molecule has 0 aliphatic heterocycles. The van der Waals surface area contributed by atoms with Crippen molar-refractivity contribution in [2.45, 2.75) is 26.4 Å². The Morgan fingerprint density at radius 3 is 2.24 bits per heavy atom. The summed E-state index contributed by atoms with van der Waals surface area (Å²) in [5.41, 5.74) is 2.71. The zero-order valence-electron chi connectivity index (χ0n) is 16.6. The first-order valence-electron chi connectivity index (χ1n) is 9.29. The normalized spacial score (nSPS) is 11.7. The third-order valence-electron chi connectivity index (χ3n) is 4.45. The van der Waals surface area contributed by atoms with E-state index in [9.17, 15) is 9.18 Å². The zero-order valence-corrected chi connectivity index (χ0v) is 16.6. The number of hydrogen-bond acceptors (Lipinski definition) is 4. The number of ether oxygens (including phenoxy) is 2. The van der Waals surface area contributed by atoms with Crippen molar-refractivity contribution in [2.24, 2.45) is 0 Å². The molecule has 0 fully saturated rings. The minimum absolute atomic E-state index is 0.0669. The summed E-state index contributed by atoms with van der Waals surface area (Å²) in [5, 5.41) is 2.86. The SMILES string of the molecule is COC(C)Cc1ccc(C(=O)Nc2ccc(Oc3ccc(F)cc3)cc2)c(C)n1. The molecule has 1 unspecified atom stereocenters. The smallest absolute Gasteiger partial charge is 0.257 e. The van der Waals surface area contributed by atoms with Crippen molar-refractivity contribution in [1.29, 1.82) is 0 Å². The average molecular weight is 394 g/mol. The van der Waals surface area contributed by atoms with Crippen LogP contribution in [-0.4, -0.2) is 24.1 Å². The highest BCUT2D eigenvalue weighted by molar-refractivity contribution is 6.05. The first-order chi connectivity index (χ1) is 13.9. The number of amides is 1. The van der Waals surface area contributed by atoms with E-state index in [2.05, 4.69) is 10.3 Å². The van der Waals surface area contributed by atoms with Gasteiger partial charge in [0.2, 0.25) is 0 Å². The quantitative estimate of drug-likeness (QED) is 0.602. The molecule has 0 spiro atoms. The lowest BCUT2D eigenvalue weighted by Gasteiger charge is -2.12. The molecule has 3 rings (SSSR count). The molecular formula is C23H23FN2O3. The lowest BCUT2D eigenvalue weighted by atomic mass is 10.1. The summed E-state index contributed by atoms with van der Waals surface area (Å²) < 4.78 is 23.9. The van der Waals surface area contributed by atoms with Crippen molar-refractivity contribution in [3.8, 4) is 11.5 Å². The molecule has 0 aliphatic carbocycles. The van der Waals surface area contributed by atoms with Gasteiger partial charge in [-0.15, -0.1) is 0 Å². The number of aromatic nitrogens is 1. The second-order valence-corrected chi connectivity index (χ2v) is 6.72. The number of benzene rings is 2. The predicted molar refractivity (Wildman–Crippen MR) is 110 cm³/mol. The van der Waals surface area contributed by atoms with Crippen molar-refractivity contribution in [1.82, 2.24) is 4.98 Å². The Morgan fingerprint density at radius 1 is 1.03 bits per heavy atom. The van der Waals surface area contributed by atoms with Gasteiger partial charge in [0.05, 0.1) is 17.4 Å². The lowest BCUT2D eigenvalue weighted by molar-refractivity contribution is 0.102. The van der Waals surface area contributed by atoms with Gasteiger partial charge in [0.1, 0.15) is 17.3 Å². The van der Waals surface area contributed by atoms with Gasteiger partial charge in [-0.1, -0.05) is 0 Å². The van der Waals surface area contributed by atoms with E-state index in [1.54, 1.807) is 49.6 Å². The summed E-state index contributed by atoms with van der Waals surface area (Å²) in [4.78, 5) is 17.1. The van der Waals surface area contributed by atoms with Crippen molar-refractivity contribution >= 4 is 11.6 Å². The second kappa shape index (κ2) is 9.30. The highest BCUT2D eigenvalue weighted by atomic mass is 19.1. The molecular weight excluding hydrogens is 371 g/mol. The molecule has 1 N–H and O–H groups in total. The molecule has 6 heteroatoms. The van der Waals surface area contributed by atoms with Crippen LogP contribution in [0, 0.1) is 12.7 Å². The van der Waals surface area contributed by atoms with Gasteiger partial charge in [-0.25, -0.2) is 4.39 Å². The first-order valence-corrected chi connectivity index (χ1v) is 9.29. The summed E-state index contributed by atoms with van der Waals surface area (Å²) in [6.07, 6.45) is 0.756. The summed E-state index contributed by atoms with van der Waals surface area (Å²) in [5.74, 6) is 0.576. The molecule has 1 aromatic heterocycles. The largest absolute Gasteiger partial charge is 0.457 e. The summed E-state index contributed by atoms with van der Waals surface area (Å²) in [7, 11) is 1.66. The third kappa shape index (κ3) is 5.62. The maximum atomic E-state index is 13.0. The van der Waals surface area contributed by atoms with Crippen LogP contribution in [0.1, 0.15) is 28.7 Å². The van der Waals surface area contributed by atoms with E-state index in [-0.39, 0.29) is 17.8 Å². The molecule has 2 aromatic carbocycles. The second-order valence-electron chi connectivity index (χ2n) is 6.72. The summed E-state index contributed by atoms with van der Waals surface area (Å²) >= 11 is 0. The number of nitrogens with zero attached hydrogens (tertiary/aromatic N) is 1. The summed E-state index contributed by atoms with van der Waals surface area (Å²) in [6, 6.07) is 16.4. The fourth-order valence-electron chi connectivity index (χ4n) is 2.79. The number of carbonyl (C=O) groups excluding carboxylic acids is 1. The Hall–Kier alpha value is -3.25. The minimum atomic E-state index is -0.318. The van der Waals surface area contributed by atoms with Gasteiger partial charge in [0, 0.05) is 24.9 Å². The van der Waals surface area contributed by atoms with Crippen molar-refractivity contribution < 1.29 is 18.7 Å². The van der Waals surface area contributed by atoms with E-state index in [4.69, 9.17) is 9.47 Å². The van der Waals surface area contributed by atoms with Gasteiger partial charge < -0.3 is 14.8 Å². The molecule has 29 heavy (non-hydrogen) atoms. The lowest BCUT2D eigenvalue weighted by Crippen LogP contribution is -2.16. The standard InChI is InChI=1S/C23H23FN2O3/c1-15(28-3)14-19-8-13-22(16(2)25-19)23(27)26-18-6-11-21(12-7-18)29-20-9-4-17(24)5-10-20/h4-13,15H,14H2,1-3H3,(H,26,27). The molecule has 0 saturated carbocycles. The molecule has 1 heterocycles. The molecule has 0 bridgehead atoms. The number of carbonyl (C=O) groups is 1. The molecule has 1 amide bonds. The van der Waals surface area contributed by atoms with E-state index in [1.807, 2.05) is 19.9 Å². The van der Waals surface area contributed by atoms with Crippen LogP contribution in [-0.2, 0) is 11.2 Å². The van der Waals surface area contributed by atoms with Gasteiger partial charge in [-0.2, -0.15) is 0 Å². The fraction of sp³-hybridized carbons (Fsp3) is 0.217. The van der Waals surface area contributed by atoms with Crippen LogP contribution in [0.3, 0.4) is 0 Å². The number of nitrogens with one attached hydrogen (secondary N) is 1.